The van der Waals surface area contributed by atoms with Crippen LogP contribution in [0.3, 0.4) is 0 Å². The molecule has 2 rings (SSSR count). The van der Waals surface area contributed by atoms with Gasteiger partial charge in [0.2, 0.25) is 0 Å². The number of benzene rings is 1. The molecule has 1 amide bonds. The van der Waals surface area contributed by atoms with Crippen molar-refractivity contribution in [1.82, 2.24) is 0 Å². The lowest BCUT2D eigenvalue weighted by atomic mass is 10.1. The Kier molecular flexibility index (Phi) is 6.56. The van der Waals surface area contributed by atoms with Crippen LogP contribution in [0.1, 0.15) is 63.6 Å². The van der Waals surface area contributed by atoms with E-state index in [2.05, 4.69) is 5.32 Å². The zero-order chi connectivity index (χ0) is 21.1. The van der Waals surface area contributed by atoms with E-state index in [9.17, 15) is 18.8 Å². The smallest absolute Gasteiger partial charge is 0.349 e. The number of ether oxygens (including phenoxy) is 2. The molecule has 8 heteroatoms. The maximum atomic E-state index is 13.9. The van der Waals surface area contributed by atoms with Gasteiger partial charge in [-0.15, -0.1) is 11.3 Å². The summed E-state index contributed by atoms with van der Waals surface area (Å²) in [5.41, 5.74) is -0.519. The second kappa shape index (κ2) is 8.52. The summed E-state index contributed by atoms with van der Waals surface area (Å²) in [6.07, 6.45) is 0. The number of anilines is 1. The SMILES string of the molecule is CCOC(=O)c1c(NC(=O)c2ccccc2F)sc(C(=O)OC(C)(C)C)c1C. The first-order valence-electron chi connectivity index (χ1n) is 8.65. The van der Waals surface area contributed by atoms with Gasteiger partial charge in [-0.1, -0.05) is 12.1 Å². The number of amides is 1. The van der Waals surface area contributed by atoms with Crippen molar-refractivity contribution in [3.63, 3.8) is 0 Å². The number of carbonyl (C=O) groups excluding carboxylic acids is 3. The van der Waals surface area contributed by atoms with E-state index < -0.39 is 29.3 Å². The van der Waals surface area contributed by atoms with Crippen LogP contribution in [0.2, 0.25) is 0 Å². The van der Waals surface area contributed by atoms with Crippen molar-refractivity contribution in [2.75, 3.05) is 11.9 Å². The van der Waals surface area contributed by atoms with E-state index >= 15 is 0 Å². The standard InChI is InChI=1S/C20H22FNO5S/c1-6-26-18(24)14-11(2)15(19(25)27-20(3,4)5)28-17(14)22-16(23)12-9-7-8-10-13(12)21/h7-10H,6H2,1-5H3,(H,22,23). The summed E-state index contributed by atoms with van der Waals surface area (Å²) in [5.74, 6) is -2.74. The van der Waals surface area contributed by atoms with Crippen molar-refractivity contribution in [3.05, 3.63) is 51.7 Å². The summed E-state index contributed by atoms with van der Waals surface area (Å²) in [7, 11) is 0. The molecule has 150 valence electrons. The fraction of sp³-hybridized carbons (Fsp3) is 0.350. The predicted molar refractivity (Wildman–Crippen MR) is 105 cm³/mol. The van der Waals surface area contributed by atoms with Gasteiger partial charge in [-0.05, 0) is 52.3 Å². The van der Waals surface area contributed by atoms with Gasteiger partial charge in [-0.3, -0.25) is 4.79 Å². The molecule has 0 aliphatic heterocycles. The third-order valence-corrected chi connectivity index (χ3v) is 4.74. The molecular weight excluding hydrogens is 385 g/mol. The summed E-state index contributed by atoms with van der Waals surface area (Å²) < 4.78 is 24.3. The van der Waals surface area contributed by atoms with E-state index in [1.54, 1.807) is 34.6 Å². The number of rotatable bonds is 5. The second-order valence-electron chi connectivity index (χ2n) is 6.92. The number of nitrogens with one attached hydrogen (secondary N) is 1. The average molecular weight is 407 g/mol. The van der Waals surface area contributed by atoms with Crippen LogP contribution in [-0.4, -0.2) is 30.1 Å². The van der Waals surface area contributed by atoms with Gasteiger partial charge in [0, 0.05) is 0 Å². The fourth-order valence-electron chi connectivity index (χ4n) is 2.39. The molecule has 2 aromatic rings. The van der Waals surface area contributed by atoms with Crippen LogP contribution in [-0.2, 0) is 9.47 Å². The Hall–Kier alpha value is -2.74. The maximum absolute atomic E-state index is 13.9. The quantitative estimate of drug-likeness (QED) is 0.734. The lowest BCUT2D eigenvalue weighted by molar-refractivity contribution is 0.00744. The van der Waals surface area contributed by atoms with Gasteiger partial charge < -0.3 is 14.8 Å². The Morgan fingerprint density at radius 1 is 1.14 bits per heavy atom. The maximum Gasteiger partial charge on any atom is 0.349 e. The number of carbonyl (C=O) groups is 3. The average Bonchev–Trinajstić information content (AvgIpc) is 2.90. The summed E-state index contributed by atoms with van der Waals surface area (Å²) >= 11 is 0.888. The fourth-order valence-corrected chi connectivity index (χ4v) is 3.45. The van der Waals surface area contributed by atoms with E-state index in [1.807, 2.05) is 0 Å². The van der Waals surface area contributed by atoms with Gasteiger partial charge >= 0.3 is 11.9 Å². The number of esters is 2. The Labute approximate surface area is 166 Å². The van der Waals surface area contributed by atoms with Gasteiger partial charge in [0.05, 0.1) is 17.7 Å². The van der Waals surface area contributed by atoms with Crippen molar-refractivity contribution >= 4 is 34.2 Å². The third kappa shape index (κ3) is 4.95. The Balaban J connectivity index is 2.45. The Morgan fingerprint density at radius 2 is 1.79 bits per heavy atom. The number of thiophene rings is 1. The van der Waals surface area contributed by atoms with Gasteiger partial charge in [-0.2, -0.15) is 0 Å². The molecule has 0 saturated carbocycles. The van der Waals surface area contributed by atoms with Gasteiger partial charge in [0.1, 0.15) is 21.3 Å². The molecule has 0 radical (unpaired) electrons. The minimum absolute atomic E-state index is 0.0531. The van der Waals surface area contributed by atoms with Crippen LogP contribution in [0.4, 0.5) is 9.39 Å². The Morgan fingerprint density at radius 3 is 2.36 bits per heavy atom. The first-order valence-corrected chi connectivity index (χ1v) is 9.46. The Bertz CT molecular complexity index is 914. The van der Waals surface area contributed by atoms with Crippen molar-refractivity contribution in [1.29, 1.82) is 0 Å². The minimum Gasteiger partial charge on any atom is -0.462 e. The van der Waals surface area contributed by atoms with Gasteiger partial charge in [0.25, 0.3) is 5.91 Å². The van der Waals surface area contributed by atoms with Crippen molar-refractivity contribution in [3.8, 4) is 0 Å². The highest BCUT2D eigenvalue weighted by molar-refractivity contribution is 7.18. The van der Waals surface area contributed by atoms with Crippen molar-refractivity contribution in [2.24, 2.45) is 0 Å². The topological polar surface area (TPSA) is 81.7 Å². The molecule has 1 heterocycles. The molecule has 0 saturated heterocycles. The van der Waals surface area contributed by atoms with Crippen LogP contribution >= 0.6 is 11.3 Å². The highest BCUT2D eigenvalue weighted by Crippen LogP contribution is 2.35. The monoisotopic (exact) mass is 407 g/mol. The molecule has 0 fully saturated rings. The largest absolute Gasteiger partial charge is 0.462 e. The van der Waals surface area contributed by atoms with E-state index in [1.165, 1.54) is 18.2 Å². The van der Waals surface area contributed by atoms with Crippen LogP contribution in [0, 0.1) is 12.7 Å². The van der Waals surface area contributed by atoms with E-state index in [0.717, 1.165) is 17.4 Å². The summed E-state index contributed by atoms with van der Waals surface area (Å²) in [6, 6.07) is 5.47. The molecule has 0 aliphatic carbocycles. The molecule has 0 aliphatic rings. The van der Waals surface area contributed by atoms with E-state index in [-0.39, 0.29) is 27.6 Å². The first kappa shape index (κ1) is 21.6. The van der Waals surface area contributed by atoms with Crippen LogP contribution in [0.5, 0.6) is 0 Å². The molecular formula is C20H22FNO5S. The highest BCUT2D eigenvalue weighted by atomic mass is 32.1. The van der Waals surface area contributed by atoms with Crippen LogP contribution in [0.25, 0.3) is 0 Å². The molecule has 1 aromatic heterocycles. The first-order chi connectivity index (χ1) is 13.0. The molecule has 0 spiro atoms. The number of hydrogen-bond donors (Lipinski definition) is 1. The molecule has 28 heavy (non-hydrogen) atoms. The van der Waals surface area contributed by atoms with E-state index in [4.69, 9.17) is 9.47 Å². The lowest BCUT2D eigenvalue weighted by Gasteiger charge is -2.19. The molecule has 1 N–H and O–H groups in total. The van der Waals surface area contributed by atoms with Crippen LogP contribution in [0.15, 0.2) is 24.3 Å². The second-order valence-corrected chi connectivity index (χ2v) is 7.94. The molecule has 0 atom stereocenters. The highest BCUT2D eigenvalue weighted by Gasteiger charge is 2.29. The van der Waals surface area contributed by atoms with Gasteiger partial charge in [0.15, 0.2) is 0 Å². The normalized spacial score (nSPS) is 11.1. The molecule has 0 bridgehead atoms. The summed E-state index contributed by atoms with van der Waals surface area (Å²) in [4.78, 5) is 37.5. The molecule has 0 unspecified atom stereocenters. The zero-order valence-corrected chi connectivity index (χ0v) is 17.2. The van der Waals surface area contributed by atoms with Crippen molar-refractivity contribution < 1.29 is 28.2 Å². The van der Waals surface area contributed by atoms with E-state index in [0.29, 0.717) is 5.56 Å². The van der Waals surface area contributed by atoms with Gasteiger partial charge in [-0.25, -0.2) is 14.0 Å². The lowest BCUT2D eigenvalue weighted by Crippen LogP contribution is -2.23. The molecule has 1 aromatic carbocycles. The predicted octanol–water partition coefficient (Wildman–Crippen LogP) is 4.58. The van der Waals surface area contributed by atoms with Crippen LogP contribution < -0.4 is 5.32 Å². The third-order valence-electron chi connectivity index (χ3n) is 3.56. The molecule has 6 nitrogen and oxygen atoms in total. The minimum atomic E-state index is -0.736. The summed E-state index contributed by atoms with van der Waals surface area (Å²) in [5, 5.41) is 2.62. The zero-order valence-electron chi connectivity index (χ0n) is 16.3. The summed E-state index contributed by atoms with van der Waals surface area (Å²) in [6.45, 7) is 8.51. The van der Waals surface area contributed by atoms with Crippen molar-refractivity contribution in [2.45, 2.75) is 40.2 Å². The number of hydrogen-bond acceptors (Lipinski definition) is 6. The number of halogens is 1.